The van der Waals surface area contributed by atoms with Crippen LogP contribution >= 0.6 is 0 Å². The quantitative estimate of drug-likeness (QED) is 0.385. The summed E-state index contributed by atoms with van der Waals surface area (Å²) in [6.07, 6.45) is 6.54. The number of hydrogen-bond donors (Lipinski definition) is 3. The number of nitrogens with one attached hydrogen (secondary N) is 2. The van der Waals surface area contributed by atoms with Crippen molar-refractivity contribution < 1.29 is 14.3 Å². The van der Waals surface area contributed by atoms with Gasteiger partial charge >= 0.3 is 5.97 Å². The molecule has 2 atom stereocenters. The standard InChI is InChI=1S/C15H29N3O3/c1-15(14(20)21-3,18-11-8-9-11)10-6-4-5-7-12(17-2)13(16)19/h11-12,17-18H,4-10H2,1-3H3,(H2,16,19). The molecule has 1 aliphatic rings. The Morgan fingerprint density at radius 2 is 2.00 bits per heavy atom. The fourth-order valence-electron chi connectivity index (χ4n) is 2.57. The largest absolute Gasteiger partial charge is 0.468 e. The lowest BCUT2D eigenvalue weighted by molar-refractivity contribution is -0.148. The number of likely N-dealkylation sites (N-methyl/N-ethyl adjacent to an activating group) is 1. The smallest absolute Gasteiger partial charge is 0.325 e. The monoisotopic (exact) mass is 299 g/mol. The van der Waals surface area contributed by atoms with Gasteiger partial charge in [0, 0.05) is 6.04 Å². The Bertz CT molecular complexity index is 358. The molecule has 0 aromatic carbocycles. The number of unbranched alkanes of at least 4 members (excludes halogenated alkanes) is 2. The molecule has 6 nitrogen and oxygen atoms in total. The molecule has 21 heavy (non-hydrogen) atoms. The molecule has 1 rings (SSSR count). The van der Waals surface area contributed by atoms with Gasteiger partial charge in [-0.25, -0.2) is 0 Å². The molecule has 122 valence electrons. The summed E-state index contributed by atoms with van der Waals surface area (Å²) in [6, 6.07) is 0.194. The van der Waals surface area contributed by atoms with E-state index < -0.39 is 5.54 Å². The van der Waals surface area contributed by atoms with E-state index in [0.29, 0.717) is 6.04 Å². The Morgan fingerprint density at radius 1 is 1.33 bits per heavy atom. The summed E-state index contributed by atoms with van der Waals surface area (Å²) in [7, 11) is 3.17. The second kappa shape index (κ2) is 8.34. The summed E-state index contributed by atoms with van der Waals surface area (Å²) < 4.78 is 4.92. The van der Waals surface area contributed by atoms with E-state index in [1.54, 1.807) is 7.05 Å². The summed E-state index contributed by atoms with van der Waals surface area (Å²) in [4.78, 5) is 23.0. The first-order valence-corrected chi connectivity index (χ1v) is 7.75. The van der Waals surface area contributed by atoms with Gasteiger partial charge in [0.05, 0.1) is 13.2 Å². The van der Waals surface area contributed by atoms with Crippen molar-refractivity contribution >= 4 is 11.9 Å². The average molecular weight is 299 g/mol. The van der Waals surface area contributed by atoms with Crippen molar-refractivity contribution in [3.05, 3.63) is 0 Å². The first-order valence-electron chi connectivity index (χ1n) is 7.75. The summed E-state index contributed by atoms with van der Waals surface area (Å²) in [5.41, 5.74) is 4.68. The number of carbonyl (C=O) groups is 2. The van der Waals surface area contributed by atoms with Crippen LogP contribution in [0, 0.1) is 0 Å². The third-order valence-corrected chi connectivity index (χ3v) is 4.10. The zero-order valence-corrected chi connectivity index (χ0v) is 13.4. The topological polar surface area (TPSA) is 93.4 Å². The van der Waals surface area contributed by atoms with Crippen LogP contribution in [0.15, 0.2) is 0 Å². The maximum Gasteiger partial charge on any atom is 0.325 e. The van der Waals surface area contributed by atoms with Crippen molar-refractivity contribution in [2.75, 3.05) is 14.2 Å². The van der Waals surface area contributed by atoms with E-state index >= 15 is 0 Å². The Labute approximate surface area is 127 Å². The normalized spacial score (nSPS) is 18.8. The molecule has 0 saturated heterocycles. The van der Waals surface area contributed by atoms with E-state index in [4.69, 9.17) is 10.5 Å². The van der Waals surface area contributed by atoms with Gasteiger partial charge < -0.3 is 15.8 Å². The number of rotatable bonds is 11. The number of hydrogen-bond acceptors (Lipinski definition) is 5. The van der Waals surface area contributed by atoms with Gasteiger partial charge in [-0.05, 0) is 39.7 Å². The minimum absolute atomic E-state index is 0.195. The average Bonchev–Trinajstić information content (AvgIpc) is 3.25. The number of esters is 1. The van der Waals surface area contributed by atoms with Crippen LogP contribution in [0.1, 0.15) is 51.9 Å². The van der Waals surface area contributed by atoms with Crippen LogP contribution in [0.5, 0.6) is 0 Å². The summed E-state index contributed by atoms with van der Waals surface area (Å²) in [5, 5.41) is 6.30. The molecule has 0 bridgehead atoms. The Hall–Kier alpha value is -1.14. The molecule has 0 aromatic rings. The van der Waals surface area contributed by atoms with Crippen LogP contribution in [-0.4, -0.2) is 43.7 Å². The van der Waals surface area contributed by atoms with Crippen LogP contribution < -0.4 is 16.4 Å². The van der Waals surface area contributed by atoms with E-state index in [1.165, 1.54) is 7.11 Å². The predicted octanol–water partition coefficient (Wildman–Crippen LogP) is 0.694. The van der Waals surface area contributed by atoms with Crippen molar-refractivity contribution in [1.82, 2.24) is 10.6 Å². The molecule has 1 amide bonds. The maximum atomic E-state index is 11.9. The van der Waals surface area contributed by atoms with Crippen molar-refractivity contribution in [2.45, 2.75) is 69.5 Å². The number of amides is 1. The maximum absolute atomic E-state index is 11.9. The van der Waals surface area contributed by atoms with Crippen molar-refractivity contribution in [3.8, 4) is 0 Å². The molecule has 0 spiro atoms. The third-order valence-electron chi connectivity index (χ3n) is 4.10. The molecule has 6 heteroatoms. The second-order valence-electron chi connectivity index (χ2n) is 6.09. The zero-order chi connectivity index (χ0) is 15.9. The fourth-order valence-corrected chi connectivity index (χ4v) is 2.57. The van der Waals surface area contributed by atoms with Crippen molar-refractivity contribution in [1.29, 1.82) is 0 Å². The highest BCUT2D eigenvalue weighted by molar-refractivity contribution is 5.80. The van der Waals surface area contributed by atoms with Gasteiger partial charge in [0.2, 0.25) is 5.91 Å². The number of carbonyl (C=O) groups excluding carboxylic acids is 2. The van der Waals surface area contributed by atoms with Crippen LogP contribution in [-0.2, 0) is 14.3 Å². The molecule has 0 aromatic heterocycles. The molecule has 1 fully saturated rings. The highest BCUT2D eigenvalue weighted by atomic mass is 16.5. The van der Waals surface area contributed by atoms with Gasteiger partial charge in [0.1, 0.15) is 5.54 Å². The molecule has 0 aliphatic heterocycles. The zero-order valence-electron chi connectivity index (χ0n) is 13.4. The van der Waals surface area contributed by atoms with E-state index in [9.17, 15) is 9.59 Å². The Balaban J connectivity index is 2.30. The molecule has 4 N–H and O–H groups in total. The van der Waals surface area contributed by atoms with E-state index in [0.717, 1.165) is 44.9 Å². The summed E-state index contributed by atoms with van der Waals surface area (Å²) >= 11 is 0. The molecule has 1 saturated carbocycles. The lowest BCUT2D eigenvalue weighted by Gasteiger charge is -2.28. The molecule has 0 heterocycles. The number of ether oxygens (including phenoxy) is 1. The number of primary amides is 1. The van der Waals surface area contributed by atoms with Gasteiger partial charge in [-0.15, -0.1) is 0 Å². The minimum atomic E-state index is -0.595. The Kier molecular flexibility index (Phi) is 7.11. The van der Waals surface area contributed by atoms with Crippen LogP contribution in [0.4, 0.5) is 0 Å². The molecular formula is C15H29N3O3. The number of methoxy groups -OCH3 is 1. The van der Waals surface area contributed by atoms with E-state index in [-0.39, 0.29) is 17.9 Å². The predicted molar refractivity (Wildman–Crippen MR) is 81.7 cm³/mol. The van der Waals surface area contributed by atoms with Gasteiger partial charge in [-0.3, -0.25) is 14.9 Å². The number of nitrogens with two attached hydrogens (primary N) is 1. The molecular weight excluding hydrogens is 270 g/mol. The van der Waals surface area contributed by atoms with Gasteiger partial charge in [0.25, 0.3) is 0 Å². The summed E-state index contributed by atoms with van der Waals surface area (Å²) in [5.74, 6) is -0.507. The molecule has 1 aliphatic carbocycles. The molecule has 0 radical (unpaired) electrons. The SMILES string of the molecule is CNC(CCCCCC(C)(NC1CC1)C(=O)OC)C(N)=O. The van der Waals surface area contributed by atoms with Crippen LogP contribution in [0.25, 0.3) is 0 Å². The lowest BCUT2D eigenvalue weighted by atomic mass is 9.93. The van der Waals surface area contributed by atoms with Crippen LogP contribution in [0.3, 0.4) is 0 Å². The fraction of sp³-hybridized carbons (Fsp3) is 0.867. The highest BCUT2D eigenvalue weighted by Gasteiger charge is 2.38. The third kappa shape index (κ3) is 6.01. The van der Waals surface area contributed by atoms with Crippen molar-refractivity contribution in [3.63, 3.8) is 0 Å². The first kappa shape index (κ1) is 17.9. The minimum Gasteiger partial charge on any atom is -0.468 e. The summed E-state index contributed by atoms with van der Waals surface area (Å²) in [6.45, 7) is 1.91. The Morgan fingerprint density at radius 3 is 2.48 bits per heavy atom. The highest BCUT2D eigenvalue weighted by Crippen LogP contribution is 2.26. The van der Waals surface area contributed by atoms with Gasteiger partial charge in [-0.1, -0.05) is 19.3 Å². The van der Waals surface area contributed by atoms with Gasteiger partial charge in [0.15, 0.2) is 0 Å². The van der Waals surface area contributed by atoms with Gasteiger partial charge in [-0.2, -0.15) is 0 Å². The second-order valence-corrected chi connectivity index (χ2v) is 6.09. The van der Waals surface area contributed by atoms with E-state index in [2.05, 4.69) is 10.6 Å². The lowest BCUT2D eigenvalue weighted by Crippen LogP contribution is -2.51. The van der Waals surface area contributed by atoms with Crippen molar-refractivity contribution in [2.24, 2.45) is 5.73 Å². The van der Waals surface area contributed by atoms with Crippen LogP contribution in [0.2, 0.25) is 0 Å². The first-order chi connectivity index (χ1) is 9.92. The van der Waals surface area contributed by atoms with E-state index in [1.807, 2.05) is 6.92 Å². The molecule has 2 unspecified atom stereocenters.